The molecule has 8 heteroatoms. The van der Waals surface area contributed by atoms with Crippen LogP contribution in [0.3, 0.4) is 0 Å². The molecule has 1 aromatic carbocycles. The van der Waals surface area contributed by atoms with Crippen LogP contribution >= 0.6 is 11.6 Å². The summed E-state index contributed by atoms with van der Waals surface area (Å²) in [6, 6.07) is 8.81. The maximum absolute atomic E-state index is 13.0. The second-order valence-electron chi connectivity index (χ2n) is 5.36. The van der Waals surface area contributed by atoms with Gasteiger partial charge >= 0.3 is 6.03 Å². The van der Waals surface area contributed by atoms with Gasteiger partial charge in [0.1, 0.15) is 11.0 Å². The third kappa shape index (κ3) is 4.55. The van der Waals surface area contributed by atoms with Gasteiger partial charge in [0.2, 0.25) is 0 Å². The lowest BCUT2D eigenvalue weighted by atomic mass is 10.3. The van der Waals surface area contributed by atoms with E-state index in [1.165, 1.54) is 30.5 Å². The number of benzene rings is 1. The predicted octanol–water partition coefficient (Wildman–Crippen LogP) is 3.50. The number of carbonyl (C=O) groups is 1. The number of halogens is 1. The fourth-order valence-corrected chi connectivity index (χ4v) is 4.14. The number of hydrogen-bond donors (Lipinski definition) is 1. The molecular formula is C17H21ClN2O4S. The molecule has 6 nitrogen and oxygen atoms in total. The van der Waals surface area contributed by atoms with E-state index in [0.717, 1.165) is 0 Å². The van der Waals surface area contributed by atoms with Gasteiger partial charge in [-0.2, -0.15) is 0 Å². The van der Waals surface area contributed by atoms with Gasteiger partial charge in [-0.3, -0.25) is 0 Å². The second-order valence-corrected chi connectivity index (χ2v) is 7.93. The number of rotatable bonds is 7. The van der Waals surface area contributed by atoms with Crippen molar-refractivity contribution in [2.75, 3.05) is 19.6 Å². The van der Waals surface area contributed by atoms with E-state index in [2.05, 4.69) is 5.32 Å². The zero-order chi connectivity index (χ0) is 18.4. The van der Waals surface area contributed by atoms with Gasteiger partial charge in [-0.05, 0) is 50.2 Å². The first-order valence-corrected chi connectivity index (χ1v) is 9.88. The maximum Gasteiger partial charge on any atom is 0.317 e. The van der Waals surface area contributed by atoms with Crippen molar-refractivity contribution in [1.82, 2.24) is 10.2 Å². The van der Waals surface area contributed by atoms with Crippen LogP contribution in [0.4, 0.5) is 4.79 Å². The van der Waals surface area contributed by atoms with E-state index in [1.54, 1.807) is 17.0 Å². The quantitative estimate of drug-likeness (QED) is 0.792. The highest BCUT2D eigenvalue weighted by atomic mass is 35.5. The van der Waals surface area contributed by atoms with Crippen LogP contribution in [0.5, 0.6) is 0 Å². The van der Waals surface area contributed by atoms with Crippen LogP contribution in [0.2, 0.25) is 5.02 Å². The minimum Gasteiger partial charge on any atom is -0.468 e. The van der Waals surface area contributed by atoms with Crippen molar-refractivity contribution in [3.8, 4) is 0 Å². The van der Waals surface area contributed by atoms with E-state index < -0.39 is 15.1 Å². The Morgan fingerprint density at radius 1 is 1.20 bits per heavy atom. The molecule has 1 heterocycles. The minimum absolute atomic E-state index is 0.0895. The molecule has 0 aliphatic rings. The Hall–Kier alpha value is -1.99. The van der Waals surface area contributed by atoms with Crippen molar-refractivity contribution in [1.29, 1.82) is 0 Å². The van der Waals surface area contributed by atoms with Crippen molar-refractivity contribution < 1.29 is 17.6 Å². The maximum atomic E-state index is 13.0. The van der Waals surface area contributed by atoms with Gasteiger partial charge in [-0.1, -0.05) is 11.6 Å². The number of urea groups is 1. The first-order valence-electron chi connectivity index (χ1n) is 7.95. The molecule has 136 valence electrons. The molecule has 1 unspecified atom stereocenters. The number of hydrogen-bond acceptors (Lipinski definition) is 4. The average molecular weight is 385 g/mol. The van der Waals surface area contributed by atoms with Gasteiger partial charge in [0.05, 0.1) is 11.2 Å². The molecule has 1 N–H and O–H groups in total. The molecule has 2 aromatic rings. The summed E-state index contributed by atoms with van der Waals surface area (Å²) < 4.78 is 31.3. The van der Waals surface area contributed by atoms with E-state index in [4.69, 9.17) is 16.0 Å². The Morgan fingerprint density at radius 2 is 1.84 bits per heavy atom. The fraction of sp³-hybridized carbons (Fsp3) is 0.353. The first-order chi connectivity index (χ1) is 11.9. The molecule has 2 rings (SSSR count). The standard InChI is InChI=1S/C17H21ClN2O4S/c1-3-20(4-2)17(21)19-12-16(15-6-5-11-24-15)25(22,23)14-9-7-13(18)8-10-14/h5-11,16H,3-4,12H2,1-2H3,(H,19,21). The average Bonchev–Trinajstić information content (AvgIpc) is 3.10. The molecule has 1 aromatic heterocycles. The summed E-state index contributed by atoms with van der Waals surface area (Å²) in [7, 11) is -3.76. The van der Waals surface area contributed by atoms with Crippen LogP contribution < -0.4 is 5.32 Å². The number of furan rings is 1. The number of nitrogens with zero attached hydrogens (tertiary/aromatic N) is 1. The number of sulfone groups is 1. The van der Waals surface area contributed by atoms with Crippen molar-refractivity contribution in [2.45, 2.75) is 24.0 Å². The summed E-state index contributed by atoms with van der Waals surface area (Å²) in [6.07, 6.45) is 1.41. The smallest absolute Gasteiger partial charge is 0.317 e. The highest BCUT2D eigenvalue weighted by Gasteiger charge is 2.32. The molecule has 0 fully saturated rings. The number of amides is 2. The SMILES string of the molecule is CCN(CC)C(=O)NCC(c1ccco1)S(=O)(=O)c1ccc(Cl)cc1. The van der Waals surface area contributed by atoms with E-state index in [9.17, 15) is 13.2 Å². The first kappa shape index (κ1) is 19.3. The lowest BCUT2D eigenvalue weighted by Crippen LogP contribution is -2.42. The Balaban J connectivity index is 2.28. The number of carbonyl (C=O) groups excluding carboxylic acids is 1. The molecular weight excluding hydrogens is 364 g/mol. The predicted molar refractivity (Wildman–Crippen MR) is 96.4 cm³/mol. The molecule has 0 aliphatic carbocycles. The van der Waals surface area contributed by atoms with Crippen LogP contribution in [0.25, 0.3) is 0 Å². The largest absolute Gasteiger partial charge is 0.468 e. The summed E-state index contributed by atoms with van der Waals surface area (Å²) in [5, 5.41) is 2.10. The van der Waals surface area contributed by atoms with Crippen LogP contribution in [0.1, 0.15) is 24.9 Å². The van der Waals surface area contributed by atoms with Crippen molar-refractivity contribution in [2.24, 2.45) is 0 Å². The van der Waals surface area contributed by atoms with Gasteiger partial charge in [0.25, 0.3) is 0 Å². The normalized spacial score (nSPS) is 12.6. The summed E-state index contributed by atoms with van der Waals surface area (Å²) >= 11 is 5.83. The monoisotopic (exact) mass is 384 g/mol. The highest BCUT2D eigenvalue weighted by molar-refractivity contribution is 7.91. The third-order valence-electron chi connectivity index (χ3n) is 3.87. The Morgan fingerprint density at radius 3 is 2.36 bits per heavy atom. The topological polar surface area (TPSA) is 79.6 Å². The van der Waals surface area contributed by atoms with Gasteiger partial charge in [-0.25, -0.2) is 13.2 Å². The van der Waals surface area contributed by atoms with E-state index in [1.807, 2.05) is 13.8 Å². The van der Waals surface area contributed by atoms with Gasteiger partial charge in [-0.15, -0.1) is 0 Å². The van der Waals surface area contributed by atoms with Crippen LogP contribution in [0.15, 0.2) is 52.0 Å². The zero-order valence-electron chi connectivity index (χ0n) is 14.1. The summed E-state index contributed by atoms with van der Waals surface area (Å²) in [5.74, 6) is 0.273. The van der Waals surface area contributed by atoms with E-state index in [-0.39, 0.29) is 23.2 Å². The van der Waals surface area contributed by atoms with Crippen molar-refractivity contribution in [3.63, 3.8) is 0 Å². The fourth-order valence-electron chi connectivity index (χ4n) is 2.43. The molecule has 2 amide bonds. The van der Waals surface area contributed by atoms with Crippen LogP contribution in [-0.2, 0) is 9.84 Å². The van der Waals surface area contributed by atoms with E-state index >= 15 is 0 Å². The second kappa shape index (κ2) is 8.40. The lowest BCUT2D eigenvalue weighted by Gasteiger charge is -2.22. The summed E-state index contributed by atoms with van der Waals surface area (Å²) in [5.41, 5.74) is 0. The molecule has 0 spiro atoms. The highest BCUT2D eigenvalue weighted by Crippen LogP contribution is 2.29. The lowest BCUT2D eigenvalue weighted by molar-refractivity contribution is 0.203. The summed E-state index contributed by atoms with van der Waals surface area (Å²) in [6.45, 7) is 4.71. The van der Waals surface area contributed by atoms with Crippen molar-refractivity contribution in [3.05, 3.63) is 53.4 Å². The molecule has 1 atom stereocenters. The molecule has 0 bridgehead atoms. The van der Waals surface area contributed by atoms with Crippen molar-refractivity contribution >= 4 is 27.5 Å². The van der Waals surface area contributed by atoms with Gasteiger partial charge < -0.3 is 14.6 Å². The molecule has 0 radical (unpaired) electrons. The molecule has 25 heavy (non-hydrogen) atoms. The van der Waals surface area contributed by atoms with Gasteiger partial charge in [0, 0.05) is 24.7 Å². The minimum atomic E-state index is -3.76. The van der Waals surface area contributed by atoms with Gasteiger partial charge in [0.15, 0.2) is 9.84 Å². The summed E-state index contributed by atoms with van der Waals surface area (Å²) in [4.78, 5) is 13.9. The Labute approximate surface area is 152 Å². The van der Waals surface area contributed by atoms with E-state index in [0.29, 0.717) is 18.1 Å². The molecule has 0 saturated carbocycles. The number of nitrogens with one attached hydrogen (secondary N) is 1. The Bertz CT molecular complexity index is 785. The van der Waals surface area contributed by atoms with Crippen LogP contribution in [0, 0.1) is 0 Å². The Kier molecular flexibility index (Phi) is 6.50. The van der Waals surface area contributed by atoms with Crippen LogP contribution in [-0.4, -0.2) is 39.0 Å². The molecule has 0 aliphatic heterocycles. The molecule has 0 saturated heterocycles. The third-order valence-corrected chi connectivity index (χ3v) is 6.20. The zero-order valence-corrected chi connectivity index (χ0v) is 15.7.